The fraction of sp³-hybridized carbons (Fsp3) is 0.481. The monoisotopic (exact) mass is 461 g/mol. The molecule has 7 heteroatoms. The van der Waals surface area contributed by atoms with E-state index in [1.54, 1.807) is 0 Å². The Labute approximate surface area is 202 Å². The van der Waals surface area contributed by atoms with Crippen molar-refractivity contribution in [2.45, 2.75) is 39.8 Å². The highest BCUT2D eigenvalue weighted by Crippen LogP contribution is 2.33. The number of pyridine rings is 1. The van der Waals surface area contributed by atoms with Crippen LogP contribution in [0.3, 0.4) is 0 Å². The summed E-state index contributed by atoms with van der Waals surface area (Å²) in [5.41, 5.74) is 5.82. The van der Waals surface area contributed by atoms with Crippen LogP contribution in [-0.2, 0) is 17.8 Å². The van der Waals surface area contributed by atoms with E-state index in [0.717, 1.165) is 81.0 Å². The molecule has 4 heterocycles. The molecule has 0 bridgehead atoms. The second-order valence-electron chi connectivity index (χ2n) is 9.41. The van der Waals surface area contributed by atoms with Gasteiger partial charge in [-0.05, 0) is 49.2 Å². The molecule has 1 saturated heterocycles. The second-order valence-corrected chi connectivity index (χ2v) is 9.41. The van der Waals surface area contributed by atoms with Gasteiger partial charge < -0.3 is 18.9 Å². The number of ether oxygens (including phenoxy) is 2. The van der Waals surface area contributed by atoms with Crippen LogP contribution in [0.5, 0.6) is 5.75 Å². The molecule has 2 aliphatic rings. The van der Waals surface area contributed by atoms with Crippen molar-refractivity contribution in [3.8, 4) is 17.0 Å². The van der Waals surface area contributed by atoms with Gasteiger partial charge in [-0.2, -0.15) is 0 Å². The van der Waals surface area contributed by atoms with Crippen LogP contribution in [0.2, 0.25) is 0 Å². The van der Waals surface area contributed by atoms with Crippen molar-refractivity contribution in [3.05, 3.63) is 59.8 Å². The van der Waals surface area contributed by atoms with E-state index in [9.17, 15) is 0 Å². The minimum absolute atomic E-state index is 0.351. The number of anilines is 1. The molecule has 2 aromatic heterocycles. The van der Waals surface area contributed by atoms with Crippen LogP contribution in [-0.4, -0.2) is 65.4 Å². The zero-order valence-corrected chi connectivity index (χ0v) is 20.5. The number of rotatable bonds is 7. The first-order valence-electron chi connectivity index (χ1n) is 12.4. The van der Waals surface area contributed by atoms with Crippen LogP contribution < -0.4 is 9.64 Å². The van der Waals surface area contributed by atoms with Crippen LogP contribution in [0.1, 0.15) is 37.0 Å². The Hall–Kier alpha value is -2.90. The van der Waals surface area contributed by atoms with Crippen LogP contribution in [0, 0.1) is 6.92 Å². The summed E-state index contributed by atoms with van der Waals surface area (Å²) in [5.74, 6) is 2.35. The third-order valence-corrected chi connectivity index (χ3v) is 6.82. The molecule has 34 heavy (non-hydrogen) atoms. The molecule has 0 N–H and O–H groups in total. The Morgan fingerprint density at radius 2 is 1.82 bits per heavy atom. The fourth-order valence-electron chi connectivity index (χ4n) is 4.93. The van der Waals surface area contributed by atoms with E-state index in [1.807, 2.05) is 12.3 Å². The first-order valence-corrected chi connectivity index (χ1v) is 12.4. The van der Waals surface area contributed by atoms with Gasteiger partial charge in [-0.3, -0.25) is 9.88 Å². The summed E-state index contributed by atoms with van der Waals surface area (Å²) < 4.78 is 13.8. The Morgan fingerprint density at radius 1 is 1.03 bits per heavy atom. The largest absolute Gasteiger partial charge is 0.492 e. The highest BCUT2D eigenvalue weighted by atomic mass is 16.5. The maximum absolute atomic E-state index is 6.00. The normalized spacial score (nSPS) is 16.6. The molecule has 1 aromatic carbocycles. The SMILES string of the molecule is Cc1nc(-c2cccnc2C(C)C)c2n1CCN(c1ccc(OCCN3CCOCC3)cc1)C2. The van der Waals surface area contributed by atoms with Gasteiger partial charge in [0.25, 0.3) is 0 Å². The molecule has 0 atom stereocenters. The third-order valence-electron chi connectivity index (χ3n) is 6.82. The standard InChI is InChI=1S/C27H35N5O2/c1-20(2)26-24(5-4-10-28-26)27-25-19-31(11-12-32(25)21(3)29-27)22-6-8-23(9-7-22)34-18-15-30-13-16-33-17-14-30/h4-10,20H,11-19H2,1-3H3. The van der Waals surface area contributed by atoms with Gasteiger partial charge in [0, 0.05) is 50.2 Å². The van der Waals surface area contributed by atoms with Crippen molar-refractivity contribution < 1.29 is 9.47 Å². The first kappa shape index (κ1) is 22.9. The summed E-state index contributed by atoms with van der Waals surface area (Å²) in [5, 5.41) is 0. The van der Waals surface area contributed by atoms with Gasteiger partial charge >= 0.3 is 0 Å². The summed E-state index contributed by atoms with van der Waals surface area (Å²) in [6, 6.07) is 12.7. The molecule has 1 fully saturated rings. The second kappa shape index (κ2) is 10.2. The molecule has 5 rings (SSSR count). The molecule has 0 saturated carbocycles. The molecule has 0 radical (unpaired) electrons. The zero-order chi connectivity index (χ0) is 23.5. The topological polar surface area (TPSA) is 55.7 Å². The predicted molar refractivity (Wildman–Crippen MR) is 135 cm³/mol. The van der Waals surface area contributed by atoms with Crippen molar-refractivity contribution >= 4 is 5.69 Å². The van der Waals surface area contributed by atoms with Gasteiger partial charge in [-0.25, -0.2) is 4.98 Å². The molecule has 180 valence electrons. The van der Waals surface area contributed by atoms with Crippen LogP contribution in [0.15, 0.2) is 42.6 Å². The zero-order valence-electron chi connectivity index (χ0n) is 20.5. The van der Waals surface area contributed by atoms with Crippen LogP contribution in [0.4, 0.5) is 5.69 Å². The van der Waals surface area contributed by atoms with E-state index >= 15 is 0 Å². The molecular formula is C27H35N5O2. The Morgan fingerprint density at radius 3 is 2.59 bits per heavy atom. The fourth-order valence-corrected chi connectivity index (χ4v) is 4.93. The van der Waals surface area contributed by atoms with Crippen LogP contribution >= 0.6 is 0 Å². The van der Waals surface area contributed by atoms with Gasteiger partial charge in [-0.1, -0.05) is 13.8 Å². The quantitative estimate of drug-likeness (QED) is 0.528. The van der Waals surface area contributed by atoms with Crippen molar-refractivity contribution in [3.63, 3.8) is 0 Å². The van der Waals surface area contributed by atoms with Crippen molar-refractivity contribution in [1.29, 1.82) is 0 Å². The van der Waals surface area contributed by atoms with Crippen molar-refractivity contribution in [2.24, 2.45) is 0 Å². The third kappa shape index (κ3) is 4.81. The lowest BCUT2D eigenvalue weighted by molar-refractivity contribution is 0.0322. The first-order chi connectivity index (χ1) is 16.6. The van der Waals surface area contributed by atoms with Gasteiger partial charge in [0.2, 0.25) is 0 Å². The average Bonchev–Trinajstić information content (AvgIpc) is 3.20. The average molecular weight is 462 g/mol. The van der Waals surface area contributed by atoms with E-state index < -0.39 is 0 Å². The number of benzene rings is 1. The Balaban J connectivity index is 1.28. The van der Waals surface area contributed by atoms with E-state index in [1.165, 1.54) is 11.4 Å². The number of morpholine rings is 1. The maximum Gasteiger partial charge on any atom is 0.119 e. The van der Waals surface area contributed by atoms with E-state index in [0.29, 0.717) is 12.5 Å². The number of fused-ring (bicyclic) bond motifs is 1. The Bertz CT molecular complexity index is 1100. The summed E-state index contributed by atoms with van der Waals surface area (Å²) in [4.78, 5) is 14.5. The van der Waals surface area contributed by atoms with Crippen molar-refractivity contribution in [1.82, 2.24) is 19.4 Å². The van der Waals surface area contributed by atoms with Crippen molar-refractivity contribution in [2.75, 3.05) is 50.9 Å². The number of hydrogen-bond acceptors (Lipinski definition) is 6. The van der Waals surface area contributed by atoms with Gasteiger partial charge in [0.05, 0.1) is 36.8 Å². The lowest BCUT2D eigenvalue weighted by atomic mass is 10.00. The lowest BCUT2D eigenvalue weighted by Crippen LogP contribution is -2.38. The summed E-state index contributed by atoms with van der Waals surface area (Å²) in [6.45, 7) is 14.5. The molecule has 0 spiro atoms. The molecule has 0 amide bonds. The maximum atomic E-state index is 6.00. The summed E-state index contributed by atoms with van der Waals surface area (Å²) >= 11 is 0. The smallest absolute Gasteiger partial charge is 0.119 e. The highest BCUT2D eigenvalue weighted by molar-refractivity contribution is 5.67. The summed E-state index contributed by atoms with van der Waals surface area (Å²) in [6.07, 6.45) is 1.88. The van der Waals surface area contributed by atoms with Gasteiger partial charge in [0.15, 0.2) is 0 Å². The molecule has 0 aliphatic carbocycles. The molecule has 2 aliphatic heterocycles. The van der Waals surface area contributed by atoms with E-state index in [4.69, 9.17) is 14.5 Å². The van der Waals surface area contributed by atoms with Crippen LogP contribution in [0.25, 0.3) is 11.3 Å². The highest BCUT2D eigenvalue weighted by Gasteiger charge is 2.25. The minimum atomic E-state index is 0.351. The molecule has 0 unspecified atom stereocenters. The van der Waals surface area contributed by atoms with E-state index in [2.05, 4.69) is 70.5 Å². The number of imidazole rings is 1. The predicted octanol–water partition coefficient (Wildman–Crippen LogP) is 4.11. The number of aromatic nitrogens is 3. The van der Waals surface area contributed by atoms with Gasteiger partial charge in [-0.15, -0.1) is 0 Å². The molecule has 7 nitrogen and oxygen atoms in total. The lowest BCUT2D eigenvalue weighted by Gasteiger charge is -2.31. The number of aryl methyl sites for hydroxylation is 1. The number of nitrogens with zero attached hydrogens (tertiary/aromatic N) is 5. The number of hydrogen-bond donors (Lipinski definition) is 0. The Kier molecular flexibility index (Phi) is 6.83. The van der Waals surface area contributed by atoms with E-state index in [-0.39, 0.29) is 0 Å². The minimum Gasteiger partial charge on any atom is -0.492 e. The van der Waals surface area contributed by atoms with Gasteiger partial charge in [0.1, 0.15) is 18.2 Å². The molecular weight excluding hydrogens is 426 g/mol. The summed E-state index contributed by atoms with van der Waals surface area (Å²) in [7, 11) is 0. The molecule has 3 aromatic rings.